The van der Waals surface area contributed by atoms with E-state index in [0.29, 0.717) is 18.0 Å². The highest BCUT2D eigenvalue weighted by molar-refractivity contribution is 5.78. The summed E-state index contributed by atoms with van der Waals surface area (Å²) in [6, 6.07) is 0.420. The topological polar surface area (TPSA) is 52.6 Å². The molecular formula is C14H26N2O2. The summed E-state index contributed by atoms with van der Waals surface area (Å²) in [7, 11) is 0. The molecule has 1 saturated carbocycles. The number of carbonyl (C=O) groups is 1. The molecule has 0 bridgehead atoms. The van der Waals surface area contributed by atoms with Crippen molar-refractivity contribution < 1.29 is 9.90 Å². The normalized spacial score (nSPS) is 27.7. The van der Waals surface area contributed by atoms with Crippen LogP contribution in [0, 0.1) is 5.41 Å². The molecule has 0 aromatic heterocycles. The first-order valence-corrected chi connectivity index (χ1v) is 7.04. The Morgan fingerprint density at radius 3 is 2.67 bits per heavy atom. The van der Waals surface area contributed by atoms with E-state index in [0.717, 1.165) is 25.9 Å². The van der Waals surface area contributed by atoms with E-state index in [-0.39, 0.29) is 0 Å². The number of carboxylic acid groups (broad SMARTS) is 1. The maximum atomic E-state index is 11.5. The van der Waals surface area contributed by atoms with Crippen LogP contribution in [0.3, 0.4) is 0 Å². The molecule has 1 aliphatic carbocycles. The lowest BCUT2D eigenvalue weighted by Gasteiger charge is -2.41. The third-order valence-corrected chi connectivity index (χ3v) is 4.09. The van der Waals surface area contributed by atoms with Crippen molar-refractivity contribution in [2.45, 2.75) is 58.0 Å². The molecule has 1 unspecified atom stereocenters. The Balaban J connectivity index is 1.97. The fourth-order valence-electron chi connectivity index (χ4n) is 2.98. The molecule has 104 valence electrons. The van der Waals surface area contributed by atoms with Crippen LogP contribution in [0.5, 0.6) is 0 Å². The number of aliphatic carboxylic acids is 1. The van der Waals surface area contributed by atoms with Gasteiger partial charge in [0.15, 0.2) is 0 Å². The lowest BCUT2D eigenvalue weighted by atomic mass is 9.83. The van der Waals surface area contributed by atoms with Gasteiger partial charge in [-0.1, -0.05) is 13.8 Å². The van der Waals surface area contributed by atoms with Crippen LogP contribution in [0.15, 0.2) is 0 Å². The van der Waals surface area contributed by atoms with Gasteiger partial charge in [0, 0.05) is 19.1 Å². The number of piperidine rings is 1. The molecular weight excluding hydrogens is 228 g/mol. The average molecular weight is 254 g/mol. The van der Waals surface area contributed by atoms with Gasteiger partial charge in [-0.15, -0.1) is 0 Å². The van der Waals surface area contributed by atoms with Crippen LogP contribution in [-0.4, -0.2) is 47.2 Å². The third kappa shape index (κ3) is 3.45. The minimum atomic E-state index is -0.797. The van der Waals surface area contributed by atoms with Gasteiger partial charge in [-0.05, 0) is 44.6 Å². The van der Waals surface area contributed by atoms with Crippen molar-refractivity contribution in [1.82, 2.24) is 10.2 Å². The largest absolute Gasteiger partial charge is 0.480 e. The van der Waals surface area contributed by atoms with Gasteiger partial charge in [0.1, 0.15) is 5.54 Å². The van der Waals surface area contributed by atoms with Crippen LogP contribution in [0.25, 0.3) is 0 Å². The molecule has 0 amide bonds. The van der Waals surface area contributed by atoms with E-state index < -0.39 is 11.5 Å². The summed E-state index contributed by atoms with van der Waals surface area (Å²) in [4.78, 5) is 13.8. The van der Waals surface area contributed by atoms with Crippen molar-refractivity contribution in [2.24, 2.45) is 5.41 Å². The second-order valence-corrected chi connectivity index (χ2v) is 7.03. The van der Waals surface area contributed by atoms with E-state index >= 15 is 0 Å². The smallest absolute Gasteiger partial charge is 0.324 e. The zero-order valence-electron chi connectivity index (χ0n) is 11.8. The summed E-state index contributed by atoms with van der Waals surface area (Å²) >= 11 is 0. The highest BCUT2D eigenvalue weighted by Gasteiger charge is 2.41. The van der Waals surface area contributed by atoms with Gasteiger partial charge in [-0.2, -0.15) is 0 Å². The first-order valence-electron chi connectivity index (χ1n) is 7.04. The Bertz CT molecular complexity index is 326. The highest BCUT2D eigenvalue weighted by Crippen LogP contribution is 2.30. The molecule has 1 saturated heterocycles. The lowest BCUT2D eigenvalue weighted by molar-refractivity contribution is -0.145. The van der Waals surface area contributed by atoms with Crippen molar-refractivity contribution in [3.63, 3.8) is 0 Å². The van der Waals surface area contributed by atoms with Gasteiger partial charge >= 0.3 is 5.97 Å². The molecule has 1 atom stereocenters. The molecule has 2 aliphatic rings. The summed E-state index contributed by atoms with van der Waals surface area (Å²) < 4.78 is 0. The number of nitrogens with zero attached hydrogens (tertiary/aromatic N) is 1. The van der Waals surface area contributed by atoms with E-state index in [1.165, 1.54) is 12.8 Å². The minimum Gasteiger partial charge on any atom is -0.480 e. The Kier molecular flexibility index (Phi) is 3.70. The van der Waals surface area contributed by atoms with E-state index in [1.54, 1.807) is 0 Å². The van der Waals surface area contributed by atoms with E-state index in [2.05, 4.69) is 24.1 Å². The first-order chi connectivity index (χ1) is 8.31. The lowest BCUT2D eigenvalue weighted by Crippen LogP contribution is -2.59. The maximum absolute atomic E-state index is 11.5. The maximum Gasteiger partial charge on any atom is 0.324 e. The van der Waals surface area contributed by atoms with Gasteiger partial charge in [0.2, 0.25) is 0 Å². The molecule has 1 aliphatic heterocycles. The number of rotatable bonds is 5. The second kappa shape index (κ2) is 4.82. The van der Waals surface area contributed by atoms with Crippen molar-refractivity contribution in [2.75, 3.05) is 19.6 Å². The molecule has 2 rings (SSSR count). The number of carboxylic acids is 1. The molecule has 2 fully saturated rings. The Labute approximate surface area is 110 Å². The van der Waals surface area contributed by atoms with Gasteiger partial charge in [-0.3, -0.25) is 10.1 Å². The number of likely N-dealkylation sites (tertiary alicyclic amines) is 1. The fourth-order valence-corrected chi connectivity index (χ4v) is 2.98. The van der Waals surface area contributed by atoms with Crippen LogP contribution in [-0.2, 0) is 4.79 Å². The monoisotopic (exact) mass is 254 g/mol. The Morgan fingerprint density at radius 2 is 2.17 bits per heavy atom. The summed E-state index contributed by atoms with van der Waals surface area (Å²) in [5, 5.41) is 12.8. The van der Waals surface area contributed by atoms with Crippen LogP contribution in [0.4, 0.5) is 0 Å². The van der Waals surface area contributed by atoms with Gasteiger partial charge < -0.3 is 10.0 Å². The molecule has 0 radical (unpaired) electrons. The standard InChI is InChI=1S/C14H26N2O2/c1-13(2)7-4-8-16(9-13)10-14(3,12(17)18)15-11-5-6-11/h11,15H,4-10H2,1-3H3,(H,17,18). The quantitative estimate of drug-likeness (QED) is 0.784. The zero-order valence-corrected chi connectivity index (χ0v) is 11.8. The Hall–Kier alpha value is -0.610. The van der Waals surface area contributed by atoms with Crippen LogP contribution < -0.4 is 5.32 Å². The summed E-state index contributed by atoms with van der Waals surface area (Å²) in [5.41, 5.74) is -0.480. The zero-order chi connectivity index (χ0) is 13.4. The molecule has 4 heteroatoms. The number of hydrogen-bond donors (Lipinski definition) is 2. The van der Waals surface area contributed by atoms with Crippen LogP contribution >= 0.6 is 0 Å². The molecule has 0 aromatic rings. The predicted molar refractivity (Wildman–Crippen MR) is 71.7 cm³/mol. The van der Waals surface area contributed by atoms with Gasteiger partial charge in [0.05, 0.1) is 0 Å². The minimum absolute atomic E-state index is 0.317. The first kappa shape index (κ1) is 13.8. The van der Waals surface area contributed by atoms with Crippen LogP contribution in [0.1, 0.15) is 46.5 Å². The van der Waals surface area contributed by atoms with Crippen LogP contribution in [0.2, 0.25) is 0 Å². The van der Waals surface area contributed by atoms with Gasteiger partial charge in [0.25, 0.3) is 0 Å². The summed E-state index contributed by atoms with van der Waals surface area (Å²) in [5.74, 6) is -0.724. The number of hydrogen-bond acceptors (Lipinski definition) is 3. The van der Waals surface area contributed by atoms with Gasteiger partial charge in [-0.25, -0.2) is 0 Å². The molecule has 1 heterocycles. The summed E-state index contributed by atoms with van der Waals surface area (Å²) in [6.07, 6.45) is 4.65. The molecule has 2 N–H and O–H groups in total. The van der Waals surface area contributed by atoms with Crippen molar-refractivity contribution in [3.8, 4) is 0 Å². The Morgan fingerprint density at radius 1 is 1.50 bits per heavy atom. The third-order valence-electron chi connectivity index (χ3n) is 4.09. The fraction of sp³-hybridized carbons (Fsp3) is 0.929. The summed E-state index contributed by atoms with van der Waals surface area (Å²) in [6.45, 7) is 9.01. The second-order valence-electron chi connectivity index (χ2n) is 7.03. The van der Waals surface area contributed by atoms with Crippen molar-refractivity contribution in [3.05, 3.63) is 0 Å². The molecule has 4 nitrogen and oxygen atoms in total. The number of nitrogens with one attached hydrogen (secondary N) is 1. The van der Waals surface area contributed by atoms with E-state index in [9.17, 15) is 9.90 Å². The predicted octanol–water partition coefficient (Wildman–Crippen LogP) is 1.70. The van der Waals surface area contributed by atoms with Crippen molar-refractivity contribution >= 4 is 5.97 Å². The SMILES string of the molecule is CC1(C)CCCN(CC(C)(NC2CC2)C(=O)O)C1. The molecule has 0 aromatic carbocycles. The average Bonchev–Trinajstić information content (AvgIpc) is 2.99. The van der Waals surface area contributed by atoms with E-state index in [4.69, 9.17) is 0 Å². The van der Waals surface area contributed by atoms with E-state index in [1.807, 2.05) is 6.92 Å². The molecule has 18 heavy (non-hydrogen) atoms. The molecule has 0 spiro atoms. The highest BCUT2D eigenvalue weighted by atomic mass is 16.4. The van der Waals surface area contributed by atoms with Crippen molar-refractivity contribution in [1.29, 1.82) is 0 Å².